The zero-order valence-corrected chi connectivity index (χ0v) is 15.3. The van der Waals surface area contributed by atoms with Crippen molar-refractivity contribution in [2.75, 3.05) is 0 Å². The van der Waals surface area contributed by atoms with Crippen molar-refractivity contribution < 1.29 is 14.7 Å². The van der Waals surface area contributed by atoms with E-state index in [0.29, 0.717) is 12.1 Å². The summed E-state index contributed by atoms with van der Waals surface area (Å²) in [6.45, 7) is 0.389. The molecule has 0 bridgehead atoms. The van der Waals surface area contributed by atoms with E-state index in [0.717, 1.165) is 22.3 Å². The lowest BCUT2D eigenvalue weighted by Gasteiger charge is -2.09. The average molecular weight is 374 g/mol. The summed E-state index contributed by atoms with van der Waals surface area (Å²) >= 11 is 0. The molecule has 0 saturated carbocycles. The highest BCUT2D eigenvalue weighted by Crippen LogP contribution is 2.20. The molecule has 1 atom stereocenters. The van der Waals surface area contributed by atoms with Crippen LogP contribution in [-0.2, 0) is 17.8 Å². The van der Waals surface area contributed by atoms with Gasteiger partial charge in [0, 0.05) is 12.1 Å². The third-order valence-corrected chi connectivity index (χ3v) is 4.48. The number of aliphatic carboxylic acids is 1. The number of carbonyl (C=O) groups excluding carboxylic acids is 1. The number of benzene rings is 3. The highest BCUT2D eigenvalue weighted by Gasteiger charge is 2.12. The van der Waals surface area contributed by atoms with Crippen LogP contribution < -0.4 is 11.1 Å². The van der Waals surface area contributed by atoms with Crippen LogP contribution >= 0.6 is 0 Å². The Morgan fingerprint density at radius 1 is 0.857 bits per heavy atom. The second-order valence-corrected chi connectivity index (χ2v) is 6.59. The first-order valence-corrected chi connectivity index (χ1v) is 9.03. The summed E-state index contributed by atoms with van der Waals surface area (Å²) in [5.41, 5.74) is 9.98. The molecule has 5 heteroatoms. The molecule has 3 aromatic carbocycles. The first-order valence-electron chi connectivity index (χ1n) is 9.03. The van der Waals surface area contributed by atoms with E-state index in [9.17, 15) is 9.59 Å². The average Bonchev–Trinajstić information content (AvgIpc) is 2.73. The Bertz CT molecular complexity index is 953. The minimum atomic E-state index is -1.02. The monoisotopic (exact) mass is 374 g/mol. The van der Waals surface area contributed by atoms with Crippen LogP contribution in [0.1, 0.15) is 21.5 Å². The molecule has 0 aliphatic heterocycles. The number of carboxylic acid groups (broad SMARTS) is 1. The van der Waals surface area contributed by atoms with E-state index in [1.165, 1.54) is 0 Å². The van der Waals surface area contributed by atoms with Crippen molar-refractivity contribution in [2.24, 2.45) is 5.73 Å². The molecule has 1 amide bonds. The third kappa shape index (κ3) is 5.05. The Hall–Kier alpha value is -3.44. The number of carboxylic acids is 1. The Labute approximate surface area is 163 Å². The molecule has 3 rings (SSSR count). The van der Waals surface area contributed by atoms with Gasteiger partial charge in [0.25, 0.3) is 5.91 Å². The largest absolute Gasteiger partial charge is 0.480 e. The summed E-state index contributed by atoms with van der Waals surface area (Å²) in [6, 6.07) is 23.9. The number of amides is 1. The summed E-state index contributed by atoms with van der Waals surface area (Å²) in [4.78, 5) is 23.3. The van der Waals surface area contributed by atoms with Crippen molar-refractivity contribution in [2.45, 2.75) is 19.0 Å². The topological polar surface area (TPSA) is 92.4 Å². The predicted molar refractivity (Wildman–Crippen MR) is 109 cm³/mol. The molecule has 0 radical (unpaired) electrons. The molecule has 0 fully saturated rings. The predicted octanol–water partition coefficient (Wildman–Crippen LogP) is 3.24. The Morgan fingerprint density at radius 2 is 1.50 bits per heavy atom. The Balaban J connectivity index is 1.61. The molecular weight excluding hydrogens is 352 g/mol. The second-order valence-electron chi connectivity index (χ2n) is 6.59. The van der Waals surface area contributed by atoms with Gasteiger partial charge < -0.3 is 16.2 Å². The number of rotatable bonds is 7. The zero-order chi connectivity index (χ0) is 19.9. The van der Waals surface area contributed by atoms with Crippen LogP contribution in [0.5, 0.6) is 0 Å². The molecule has 0 spiro atoms. The number of hydrogen-bond donors (Lipinski definition) is 3. The summed E-state index contributed by atoms with van der Waals surface area (Å²) in [6.07, 6.45) is 0.272. The van der Waals surface area contributed by atoms with Crippen LogP contribution in [-0.4, -0.2) is 23.0 Å². The lowest BCUT2D eigenvalue weighted by Crippen LogP contribution is -2.32. The van der Waals surface area contributed by atoms with Crippen molar-refractivity contribution in [1.29, 1.82) is 0 Å². The van der Waals surface area contributed by atoms with Gasteiger partial charge in [0.2, 0.25) is 0 Å². The zero-order valence-electron chi connectivity index (χ0n) is 15.3. The third-order valence-electron chi connectivity index (χ3n) is 4.48. The molecule has 0 aliphatic carbocycles. The molecule has 0 saturated heterocycles. The fourth-order valence-electron chi connectivity index (χ4n) is 2.89. The fourth-order valence-corrected chi connectivity index (χ4v) is 2.89. The standard InChI is InChI=1S/C23H22N2O3/c24-21(23(27)28)13-16-9-11-17(12-10-16)15-25-22(26)20-8-4-7-19(14-20)18-5-2-1-3-6-18/h1-12,14,21H,13,15,24H2,(H,25,26)(H,27,28)/t21-/m0/s1. The quantitative estimate of drug-likeness (QED) is 0.592. The van der Waals surface area contributed by atoms with E-state index in [1.54, 1.807) is 6.07 Å². The number of nitrogens with one attached hydrogen (secondary N) is 1. The normalized spacial score (nSPS) is 11.6. The Kier molecular flexibility index (Phi) is 6.19. The van der Waals surface area contributed by atoms with Crippen molar-refractivity contribution in [3.05, 3.63) is 95.6 Å². The van der Waals surface area contributed by atoms with Crippen LogP contribution in [0.15, 0.2) is 78.9 Å². The summed E-state index contributed by atoms with van der Waals surface area (Å²) < 4.78 is 0. The SMILES string of the molecule is N[C@@H](Cc1ccc(CNC(=O)c2cccc(-c3ccccc3)c2)cc1)C(=O)O. The number of nitrogens with two attached hydrogens (primary N) is 1. The molecule has 0 aromatic heterocycles. The maximum absolute atomic E-state index is 12.5. The molecule has 0 heterocycles. The van der Waals surface area contributed by atoms with Crippen molar-refractivity contribution in [1.82, 2.24) is 5.32 Å². The van der Waals surface area contributed by atoms with Crippen molar-refractivity contribution in [3.8, 4) is 11.1 Å². The maximum Gasteiger partial charge on any atom is 0.320 e. The van der Waals surface area contributed by atoms with Gasteiger partial charge in [-0.3, -0.25) is 9.59 Å². The number of hydrogen-bond acceptors (Lipinski definition) is 3. The molecule has 0 aliphatic rings. The van der Waals surface area contributed by atoms with Crippen molar-refractivity contribution >= 4 is 11.9 Å². The number of carbonyl (C=O) groups is 2. The molecule has 4 N–H and O–H groups in total. The minimum Gasteiger partial charge on any atom is -0.480 e. The van der Waals surface area contributed by atoms with E-state index in [1.807, 2.05) is 72.8 Å². The molecule has 5 nitrogen and oxygen atoms in total. The highest BCUT2D eigenvalue weighted by molar-refractivity contribution is 5.95. The Morgan fingerprint density at radius 3 is 2.18 bits per heavy atom. The van der Waals surface area contributed by atoms with Gasteiger partial charge >= 0.3 is 5.97 Å². The van der Waals surface area contributed by atoms with Gasteiger partial charge in [-0.1, -0.05) is 66.7 Å². The molecular formula is C23H22N2O3. The minimum absolute atomic E-state index is 0.144. The maximum atomic E-state index is 12.5. The highest BCUT2D eigenvalue weighted by atomic mass is 16.4. The van der Waals surface area contributed by atoms with E-state index >= 15 is 0 Å². The van der Waals surface area contributed by atoms with Crippen LogP contribution in [0.25, 0.3) is 11.1 Å². The van der Waals surface area contributed by atoms with Gasteiger partial charge in [-0.2, -0.15) is 0 Å². The van der Waals surface area contributed by atoms with E-state index in [-0.39, 0.29) is 12.3 Å². The molecule has 0 unspecified atom stereocenters. The fraction of sp³-hybridized carbons (Fsp3) is 0.130. The molecule has 28 heavy (non-hydrogen) atoms. The summed E-state index contributed by atoms with van der Waals surface area (Å²) in [5.74, 6) is -1.16. The lowest BCUT2D eigenvalue weighted by molar-refractivity contribution is -0.138. The van der Waals surface area contributed by atoms with Gasteiger partial charge in [0.15, 0.2) is 0 Å². The van der Waals surface area contributed by atoms with Crippen LogP contribution in [0.3, 0.4) is 0 Å². The lowest BCUT2D eigenvalue weighted by atomic mass is 10.0. The van der Waals surface area contributed by atoms with Crippen LogP contribution in [0.2, 0.25) is 0 Å². The van der Waals surface area contributed by atoms with Gasteiger partial charge in [0.1, 0.15) is 6.04 Å². The summed E-state index contributed by atoms with van der Waals surface area (Å²) in [7, 11) is 0. The van der Waals surface area contributed by atoms with Gasteiger partial charge in [-0.25, -0.2) is 0 Å². The second kappa shape index (κ2) is 8.97. The molecule has 142 valence electrons. The van der Waals surface area contributed by atoms with Crippen molar-refractivity contribution in [3.63, 3.8) is 0 Å². The van der Waals surface area contributed by atoms with Crippen LogP contribution in [0.4, 0.5) is 0 Å². The van der Waals surface area contributed by atoms with Crippen LogP contribution in [0, 0.1) is 0 Å². The first-order chi connectivity index (χ1) is 13.5. The smallest absolute Gasteiger partial charge is 0.320 e. The summed E-state index contributed by atoms with van der Waals surface area (Å²) in [5, 5.41) is 11.8. The van der Waals surface area contributed by atoms with Gasteiger partial charge in [-0.15, -0.1) is 0 Å². The molecule has 3 aromatic rings. The van der Waals surface area contributed by atoms with E-state index < -0.39 is 12.0 Å². The van der Waals surface area contributed by atoms with E-state index in [4.69, 9.17) is 10.8 Å². The van der Waals surface area contributed by atoms with Gasteiger partial charge in [-0.05, 0) is 40.8 Å². The van der Waals surface area contributed by atoms with E-state index in [2.05, 4.69) is 5.32 Å². The van der Waals surface area contributed by atoms with Gasteiger partial charge in [0.05, 0.1) is 0 Å². The first kappa shape index (κ1) is 19.3.